The summed E-state index contributed by atoms with van der Waals surface area (Å²) in [5.74, 6) is -2.40. The maximum atomic E-state index is 10.4. The maximum Gasteiger partial charge on any atom is 0.333 e. The lowest BCUT2D eigenvalue weighted by molar-refractivity contribution is -0.148. The molecule has 0 aliphatic carbocycles. The zero-order valence-electron chi connectivity index (χ0n) is 5.63. The Morgan fingerprint density at radius 3 is 2.00 bits per heavy atom. The number of carbonyl (C=O) groups excluding carboxylic acids is 1. The molecule has 1 atom stereocenters. The molecule has 10 heavy (non-hydrogen) atoms. The molecule has 0 heterocycles. The number of hydrogen-bond acceptors (Lipinski definition) is 3. The standard InChI is InChI=1S/C5H10N2O3/c1-2-5(7,3(6)8)4(9)10/h2,7H2,1H3,(H2,6,8)(H,9,10)/t5-/m1/s1. The van der Waals surface area contributed by atoms with E-state index in [-0.39, 0.29) is 6.42 Å². The van der Waals surface area contributed by atoms with Crippen LogP contribution >= 0.6 is 0 Å². The lowest BCUT2D eigenvalue weighted by Crippen LogP contribution is -2.57. The Morgan fingerprint density at radius 2 is 2.00 bits per heavy atom. The van der Waals surface area contributed by atoms with E-state index < -0.39 is 17.4 Å². The molecule has 0 saturated heterocycles. The lowest BCUT2D eigenvalue weighted by Gasteiger charge is -2.17. The molecule has 5 N–H and O–H groups in total. The summed E-state index contributed by atoms with van der Waals surface area (Å²) in [4.78, 5) is 20.7. The van der Waals surface area contributed by atoms with Crippen molar-refractivity contribution in [3.63, 3.8) is 0 Å². The molecule has 0 unspecified atom stereocenters. The quantitative estimate of drug-likeness (QED) is 0.428. The van der Waals surface area contributed by atoms with Crippen LogP contribution in [-0.4, -0.2) is 22.5 Å². The van der Waals surface area contributed by atoms with Crippen molar-refractivity contribution in [3.05, 3.63) is 0 Å². The summed E-state index contributed by atoms with van der Waals surface area (Å²) >= 11 is 0. The molecule has 0 rings (SSSR count). The molecule has 1 amide bonds. The van der Waals surface area contributed by atoms with Crippen LogP contribution in [0.25, 0.3) is 0 Å². The first kappa shape index (κ1) is 8.90. The largest absolute Gasteiger partial charge is 0.479 e. The summed E-state index contributed by atoms with van der Waals surface area (Å²) in [5, 5.41) is 8.38. The van der Waals surface area contributed by atoms with E-state index in [1.54, 1.807) is 0 Å². The van der Waals surface area contributed by atoms with Gasteiger partial charge in [-0.15, -0.1) is 0 Å². The number of nitrogens with two attached hydrogens (primary N) is 2. The van der Waals surface area contributed by atoms with Crippen molar-refractivity contribution in [1.82, 2.24) is 0 Å². The van der Waals surface area contributed by atoms with Crippen molar-refractivity contribution in [1.29, 1.82) is 0 Å². The van der Waals surface area contributed by atoms with Gasteiger partial charge in [-0.25, -0.2) is 4.79 Å². The van der Waals surface area contributed by atoms with Gasteiger partial charge in [-0.05, 0) is 6.42 Å². The molecule has 5 heteroatoms. The maximum absolute atomic E-state index is 10.4. The Balaban J connectivity index is 4.55. The fourth-order valence-electron chi connectivity index (χ4n) is 0.431. The van der Waals surface area contributed by atoms with E-state index in [2.05, 4.69) is 0 Å². The zero-order chi connectivity index (χ0) is 8.36. The summed E-state index contributed by atoms with van der Waals surface area (Å²) in [5.41, 5.74) is 7.94. The van der Waals surface area contributed by atoms with Crippen LogP contribution in [0.4, 0.5) is 0 Å². The number of carboxylic acids is 1. The van der Waals surface area contributed by atoms with Crippen LogP contribution in [0, 0.1) is 0 Å². The van der Waals surface area contributed by atoms with Crippen molar-refractivity contribution in [2.75, 3.05) is 0 Å². The molecule has 0 aromatic heterocycles. The zero-order valence-corrected chi connectivity index (χ0v) is 5.63. The van der Waals surface area contributed by atoms with E-state index >= 15 is 0 Å². The second kappa shape index (κ2) is 2.66. The van der Waals surface area contributed by atoms with Gasteiger partial charge >= 0.3 is 5.97 Å². The highest BCUT2D eigenvalue weighted by atomic mass is 16.4. The van der Waals surface area contributed by atoms with E-state index in [0.717, 1.165) is 0 Å². The van der Waals surface area contributed by atoms with Crippen LogP contribution in [0.3, 0.4) is 0 Å². The summed E-state index contributed by atoms with van der Waals surface area (Å²) in [7, 11) is 0. The van der Waals surface area contributed by atoms with Crippen molar-refractivity contribution < 1.29 is 14.7 Å². The number of amides is 1. The molecule has 58 valence electrons. The molecule has 0 aromatic carbocycles. The van der Waals surface area contributed by atoms with Gasteiger partial charge in [0, 0.05) is 0 Å². The van der Waals surface area contributed by atoms with E-state index in [0.29, 0.717) is 0 Å². The van der Waals surface area contributed by atoms with Gasteiger partial charge in [0.25, 0.3) is 0 Å². The Morgan fingerprint density at radius 1 is 1.60 bits per heavy atom. The number of hydrogen-bond donors (Lipinski definition) is 3. The SMILES string of the molecule is CC[C@@](N)(C(N)=O)C(=O)O. The Labute approximate surface area is 58.0 Å². The molecule has 0 aromatic rings. The molecule has 0 fully saturated rings. The van der Waals surface area contributed by atoms with Crippen LogP contribution in [0.5, 0.6) is 0 Å². The van der Waals surface area contributed by atoms with Crippen LogP contribution in [-0.2, 0) is 9.59 Å². The number of carboxylic acid groups (broad SMARTS) is 1. The molecule has 0 saturated carbocycles. The molecule has 0 aliphatic heterocycles. The highest BCUT2D eigenvalue weighted by Crippen LogP contribution is 2.04. The van der Waals surface area contributed by atoms with Gasteiger partial charge in [-0.1, -0.05) is 6.92 Å². The minimum Gasteiger partial charge on any atom is -0.479 e. The molecule has 0 bridgehead atoms. The molecule has 0 radical (unpaired) electrons. The van der Waals surface area contributed by atoms with Crippen LogP contribution < -0.4 is 11.5 Å². The predicted molar refractivity (Wildman–Crippen MR) is 34.0 cm³/mol. The molecular weight excluding hydrogens is 136 g/mol. The van der Waals surface area contributed by atoms with Gasteiger partial charge in [-0.2, -0.15) is 0 Å². The summed E-state index contributed by atoms with van der Waals surface area (Å²) in [6, 6.07) is 0. The highest BCUT2D eigenvalue weighted by Gasteiger charge is 2.38. The van der Waals surface area contributed by atoms with Gasteiger partial charge in [0.15, 0.2) is 5.54 Å². The third-order valence-corrected chi connectivity index (χ3v) is 1.38. The molecule has 0 spiro atoms. The summed E-state index contributed by atoms with van der Waals surface area (Å²) < 4.78 is 0. The van der Waals surface area contributed by atoms with Crippen molar-refractivity contribution >= 4 is 11.9 Å². The first-order valence-electron chi connectivity index (χ1n) is 2.77. The topological polar surface area (TPSA) is 106 Å². The summed E-state index contributed by atoms with van der Waals surface area (Å²) in [6.07, 6.45) is -0.00231. The van der Waals surface area contributed by atoms with E-state index in [1.165, 1.54) is 6.92 Å². The van der Waals surface area contributed by atoms with Gasteiger partial charge in [0.2, 0.25) is 5.91 Å². The fourth-order valence-corrected chi connectivity index (χ4v) is 0.431. The van der Waals surface area contributed by atoms with Crippen LogP contribution in [0.2, 0.25) is 0 Å². The second-order valence-electron chi connectivity index (χ2n) is 1.99. The van der Waals surface area contributed by atoms with Crippen molar-refractivity contribution in [3.8, 4) is 0 Å². The minimum atomic E-state index is -1.90. The Bertz CT molecular complexity index is 152. The first-order valence-corrected chi connectivity index (χ1v) is 2.77. The van der Waals surface area contributed by atoms with Crippen molar-refractivity contribution in [2.45, 2.75) is 18.9 Å². The number of rotatable bonds is 3. The first-order chi connectivity index (χ1) is 4.45. The van der Waals surface area contributed by atoms with Gasteiger partial charge in [0.05, 0.1) is 0 Å². The monoisotopic (exact) mass is 146 g/mol. The molecule has 5 nitrogen and oxygen atoms in total. The number of primary amides is 1. The van der Waals surface area contributed by atoms with Crippen molar-refractivity contribution in [2.24, 2.45) is 11.5 Å². The molecular formula is C5H10N2O3. The Hall–Kier alpha value is -1.10. The van der Waals surface area contributed by atoms with E-state index in [1.807, 2.05) is 0 Å². The average molecular weight is 146 g/mol. The van der Waals surface area contributed by atoms with Crippen LogP contribution in [0.1, 0.15) is 13.3 Å². The van der Waals surface area contributed by atoms with Gasteiger partial charge < -0.3 is 16.6 Å². The van der Waals surface area contributed by atoms with Gasteiger partial charge in [-0.3, -0.25) is 4.79 Å². The smallest absolute Gasteiger partial charge is 0.333 e. The van der Waals surface area contributed by atoms with Gasteiger partial charge in [0.1, 0.15) is 0 Å². The van der Waals surface area contributed by atoms with E-state index in [9.17, 15) is 9.59 Å². The fraction of sp³-hybridized carbons (Fsp3) is 0.600. The third kappa shape index (κ3) is 1.24. The number of aliphatic carboxylic acids is 1. The normalized spacial score (nSPS) is 15.8. The highest BCUT2D eigenvalue weighted by molar-refractivity contribution is 6.05. The van der Waals surface area contributed by atoms with Crippen LogP contribution in [0.15, 0.2) is 0 Å². The predicted octanol–water partition coefficient (Wildman–Crippen LogP) is -1.34. The number of carbonyl (C=O) groups is 2. The summed E-state index contributed by atoms with van der Waals surface area (Å²) in [6.45, 7) is 1.48. The minimum absolute atomic E-state index is 0.00231. The second-order valence-corrected chi connectivity index (χ2v) is 1.99. The average Bonchev–Trinajstić information content (AvgIpc) is 1.85. The third-order valence-electron chi connectivity index (χ3n) is 1.38. The molecule has 0 aliphatic rings. The Kier molecular flexibility index (Phi) is 2.36. The lowest BCUT2D eigenvalue weighted by atomic mass is 9.97. The van der Waals surface area contributed by atoms with E-state index in [4.69, 9.17) is 16.6 Å².